The van der Waals surface area contributed by atoms with E-state index >= 15 is 0 Å². The molecule has 3 rings (SSSR count). The van der Waals surface area contributed by atoms with Crippen molar-refractivity contribution in [3.05, 3.63) is 64.7 Å². The summed E-state index contributed by atoms with van der Waals surface area (Å²) in [6, 6.07) is 15.6. The molecule has 2 aromatic rings. The molecule has 1 unspecified atom stereocenters. The summed E-state index contributed by atoms with van der Waals surface area (Å²) in [5.41, 5.74) is 5.41. The molecule has 0 radical (unpaired) electrons. The fourth-order valence-corrected chi connectivity index (χ4v) is 3.13. The highest BCUT2D eigenvalue weighted by atomic mass is 16.5. The van der Waals surface area contributed by atoms with Crippen LogP contribution in [-0.4, -0.2) is 13.7 Å². The van der Waals surface area contributed by atoms with Gasteiger partial charge in [-0.1, -0.05) is 50.2 Å². The van der Waals surface area contributed by atoms with E-state index in [4.69, 9.17) is 4.74 Å². The standard InChI is InChI=1S/C19H23NO/c1-13(2)14-7-9-15(10-8-14)19-17-5-4-6-18(21-3)16(17)11-12-20-19/h4-10,13,19-20H,11-12H2,1-3H3. The van der Waals surface area contributed by atoms with E-state index in [-0.39, 0.29) is 6.04 Å². The van der Waals surface area contributed by atoms with Crippen molar-refractivity contribution in [2.75, 3.05) is 13.7 Å². The summed E-state index contributed by atoms with van der Waals surface area (Å²) < 4.78 is 5.52. The summed E-state index contributed by atoms with van der Waals surface area (Å²) in [5, 5.41) is 3.64. The summed E-state index contributed by atoms with van der Waals surface area (Å²) in [5.74, 6) is 1.59. The molecule has 1 aliphatic heterocycles. The van der Waals surface area contributed by atoms with Crippen LogP contribution in [0.5, 0.6) is 5.75 Å². The Bertz CT molecular complexity index is 616. The van der Waals surface area contributed by atoms with Crippen LogP contribution in [0.25, 0.3) is 0 Å². The maximum absolute atomic E-state index is 5.52. The highest BCUT2D eigenvalue weighted by Gasteiger charge is 2.23. The van der Waals surface area contributed by atoms with Gasteiger partial charge in [0, 0.05) is 12.1 Å². The van der Waals surface area contributed by atoms with Gasteiger partial charge in [-0.15, -0.1) is 0 Å². The first kappa shape index (κ1) is 14.2. The molecule has 0 amide bonds. The SMILES string of the molecule is COc1cccc2c1CCNC2c1ccc(C(C)C)cc1. The van der Waals surface area contributed by atoms with Crippen molar-refractivity contribution >= 4 is 0 Å². The molecule has 2 heteroatoms. The molecular weight excluding hydrogens is 258 g/mol. The van der Waals surface area contributed by atoms with E-state index in [0.29, 0.717) is 5.92 Å². The molecule has 1 N–H and O–H groups in total. The second-order valence-electron chi connectivity index (χ2n) is 5.99. The van der Waals surface area contributed by atoms with Crippen molar-refractivity contribution in [1.29, 1.82) is 0 Å². The van der Waals surface area contributed by atoms with E-state index in [9.17, 15) is 0 Å². The highest BCUT2D eigenvalue weighted by Crippen LogP contribution is 2.34. The van der Waals surface area contributed by atoms with Crippen LogP contribution in [0.15, 0.2) is 42.5 Å². The van der Waals surface area contributed by atoms with Gasteiger partial charge in [-0.3, -0.25) is 0 Å². The van der Waals surface area contributed by atoms with Crippen LogP contribution in [0.4, 0.5) is 0 Å². The van der Waals surface area contributed by atoms with E-state index in [1.807, 2.05) is 0 Å². The number of hydrogen-bond donors (Lipinski definition) is 1. The number of benzene rings is 2. The van der Waals surface area contributed by atoms with Gasteiger partial charge in [-0.05, 0) is 35.1 Å². The van der Waals surface area contributed by atoms with Gasteiger partial charge in [0.05, 0.1) is 13.2 Å². The van der Waals surface area contributed by atoms with E-state index < -0.39 is 0 Å². The van der Waals surface area contributed by atoms with E-state index in [1.165, 1.54) is 22.3 Å². The van der Waals surface area contributed by atoms with E-state index in [2.05, 4.69) is 61.6 Å². The molecule has 1 heterocycles. The zero-order valence-corrected chi connectivity index (χ0v) is 13.0. The number of rotatable bonds is 3. The monoisotopic (exact) mass is 281 g/mol. The van der Waals surface area contributed by atoms with Gasteiger partial charge in [-0.2, -0.15) is 0 Å². The van der Waals surface area contributed by atoms with Gasteiger partial charge in [-0.25, -0.2) is 0 Å². The Balaban J connectivity index is 1.98. The van der Waals surface area contributed by atoms with Crippen LogP contribution >= 0.6 is 0 Å². The lowest BCUT2D eigenvalue weighted by Crippen LogP contribution is -2.30. The summed E-state index contributed by atoms with van der Waals surface area (Å²) in [6.07, 6.45) is 1.03. The average molecular weight is 281 g/mol. The molecule has 21 heavy (non-hydrogen) atoms. The highest BCUT2D eigenvalue weighted by molar-refractivity contribution is 5.47. The summed E-state index contributed by atoms with van der Waals surface area (Å²) in [7, 11) is 1.75. The van der Waals surface area contributed by atoms with Crippen molar-refractivity contribution in [3.8, 4) is 5.75 Å². The Morgan fingerprint density at radius 2 is 1.86 bits per heavy atom. The normalized spacial score (nSPS) is 17.6. The van der Waals surface area contributed by atoms with Gasteiger partial charge in [0.2, 0.25) is 0 Å². The van der Waals surface area contributed by atoms with Crippen molar-refractivity contribution in [3.63, 3.8) is 0 Å². The first-order chi connectivity index (χ1) is 10.2. The van der Waals surface area contributed by atoms with Crippen LogP contribution in [0.2, 0.25) is 0 Å². The fraction of sp³-hybridized carbons (Fsp3) is 0.368. The number of ether oxygens (including phenoxy) is 1. The molecule has 110 valence electrons. The number of fused-ring (bicyclic) bond motifs is 1. The molecule has 2 nitrogen and oxygen atoms in total. The minimum atomic E-state index is 0.269. The molecule has 0 saturated heterocycles. The molecule has 0 spiro atoms. The number of methoxy groups -OCH3 is 1. The van der Waals surface area contributed by atoms with Gasteiger partial charge in [0.15, 0.2) is 0 Å². The zero-order chi connectivity index (χ0) is 14.8. The molecule has 2 aromatic carbocycles. The molecule has 1 aliphatic rings. The lowest BCUT2D eigenvalue weighted by Gasteiger charge is -2.28. The summed E-state index contributed by atoms with van der Waals surface area (Å²) >= 11 is 0. The van der Waals surface area contributed by atoms with Crippen LogP contribution < -0.4 is 10.1 Å². The smallest absolute Gasteiger partial charge is 0.122 e. The predicted octanol–water partition coefficient (Wildman–Crippen LogP) is 4.05. The fourth-order valence-electron chi connectivity index (χ4n) is 3.13. The van der Waals surface area contributed by atoms with Gasteiger partial charge in [0.25, 0.3) is 0 Å². The molecule has 0 fully saturated rings. The Morgan fingerprint density at radius 3 is 2.52 bits per heavy atom. The van der Waals surface area contributed by atoms with Crippen molar-refractivity contribution < 1.29 is 4.74 Å². The first-order valence-corrected chi connectivity index (χ1v) is 7.69. The van der Waals surface area contributed by atoms with Gasteiger partial charge < -0.3 is 10.1 Å². The Labute approximate surface area is 127 Å². The number of hydrogen-bond acceptors (Lipinski definition) is 2. The molecule has 0 saturated carbocycles. The van der Waals surface area contributed by atoms with Crippen molar-refractivity contribution in [1.82, 2.24) is 5.32 Å². The maximum Gasteiger partial charge on any atom is 0.122 e. The van der Waals surface area contributed by atoms with Crippen LogP contribution in [0.3, 0.4) is 0 Å². The average Bonchev–Trinajstić information content (AvgIpc) is 2.53. The topological polar surface area (TPSA) is 21.3 Å². The maximum atomic E-state index is 5.52. The number of nitrogens with one attached hydrogen (secondary N) is 1. The third-order valence-corrected chi connectivity index (χ3v) is 4.36. The quantitative estimate of drug-likeness (QED) is 0.916. The molecule has 1 atom stereocenters. The molecule has 0 aromatic heterocycles. The second-order valence-corrected chi connectivity index (χ2v) is 5.99. The summed E-state index contributed by atoms with van der Waals surface area (Å²) in [4.78, 5) is 0. The summed E-state index contributed by atoms with van der Waals surface area (Å²) in [6.45, 7) is 5.45. The van der Waals surface area contributed by atoms with Crippen molar-refractivity contribution in [2.24, 2.45) is 0 Å². The van der Waals surface area contributed by atoms with Crippen LogP contribution in [-0.2, 0) is 6.42 Å². The van der Waals surface area contributed by atoms with E-state index in [0.717, 1.165) is 18.7 Å². The zero-order valence-electron chi connectivity index (χ0n) is 13.0. The third-order valence-electron chi connectivity index (χ3n) is 4.36. The molecule has 0 aliphatic carbocycles. The van der Waals surface area contributed by atoms with Crippen molar-refractivity contribution in [2.45, 2.75) is 32.2 Å². The Hall–Kier alpha value is -1.80. The molecular formula is C19H23NO. The van der Waals surface area contributed by atoms with Gasteiger partial charge >= 0.3 is 0 Å². The Morgan fingerprint density at radius 1 is 1.10 bits per heavy atom. The largest absolute Gasteiger partial charge is 0.496 e. The van der Waals surface area contributed by atoms with Crippen LogP contribution in [0.1, 0.15) is 48.1 Å². The third kappa shape index (κ3) is 2.68. The molecule has 0 bridgehead atoms. The first-order valence-electron chi connectivity index (χ1n) is 7.69. The lowest BCUT2D eigenvalue weighted by molar-refractivity contribution is 0.403. The Kier molecular flexibility index (Phi) is 3.98. The van der Waals surface area contributed by atoms with Crippen LogP contribution in [0, 0.1) is 0 Å². The minimum absolute atomic E-state index is 0.269. The van der Waals surface area contributed by atoms with E-state index in [1.54, 1.807) is 7.11 Å². The predicted molar refractivity (Wildman–Crippen MR) is 87.1 cm³/mol. The minimum Gasteiger partial charge on any atom is -0.496 e. The van der Waals surface area contributed by atoms with Gasteiger partial charge in [0.1, 0.15) is 5.75 Å². The second kappa shape index (κ2) is 5.90. The lowest BCUT2D eigenvalue weighted by atomic mass is 9.88.